The fourth-order valence-corrected chi connectivity index (χ4v) is 2.90. The zero-order valence-electron chi connectivity index (χ0n) is 12.6. The Kier molecular flexibility index (Phi) is 3.12. The third kappa shape index (κ3) is 2.35. The molecule has 0 spiro atoms. The lowest BCUT2D eigenvalue weighted by atomic mass is 9.94. The summed E-state index contributed by atoms with van der Waals surface area (Å²) >= 11 is 0. The van der Waals surface area contributed by atoms with Crippen LogP contribution in [0.25, 0.3) is 10.9 Å². The first-order valence-electron chi connectivity index (χ1n) is 7.27. The smallest absolute Gasteiger partial charge is 0.419 e. The van der Waals surface area contributed by atoms with Gasteiger partial charge in [0.15, 0.2) is 5.78 Å². The van der Waals surface area contributed by atoms with Crippen molar-refractivity contribution >= 4 is 22.8 Å². The van der Waals surface area contributed by atoms with E-state index in [9.17, 15) is 9.59 Å². The third-order valence-corrected chi connectivity index (χ3v) is 3.65. The van der Waals surface area contributed by atoms with Crippen LogP contribution in [0.5, 0.6) is 0 Å². The predicted molar refractivity (Wildman–Crippen MR) is 80.8 cm³/mol. The van der Waals surface area contributed by atoms with Crippen molar-refractivity contribution in [2.24, 2.45) is 0 Å². The van der Waals surface area contributed by atoms with Crippen LogP contribution in [0.2, 0.25) is 0 Å². The van der Waals surface area contributed by atoms with Gasteiger partial charge >= 0.3 is 6.09 Å². The fourth-order valence-electron chi connectivity index (χ4n) is 2.90. The van der Waals surface area contributed by atoms with Gasteiger partial charge in [-0.3, -0.25) is 4.79 Å². The van der Waals surface area contributed by atoms with E-state index < -0.39 is 11.7 Å². The number of ketones is 1. The Morgan fingerprint density at radius 2 is 1.90 bits per heavy atom. The summed E-state index contributed by atoms with van der Waals surface area (Å²) in [6, 6.07) is 7.53. The third-order valence-electron chi connectivity index (χ3n) is 3.65. The van der Waals surface area contributed by atoms with Crippen molar-refractivity contribution in [2.75, 3.05) is 0 Å². The molecule has 2 aromatic rings. The van der Waals surface area contributed by atoms with Crippen LogP contribution in [0.4, 0.5) is 4.79 Å². The minimum Gasteiger partial charge on any atom is -0.443 e. The Labute approximate surface area is 123 Å². The Bertz CT molecular complexity index is 734. The van der Waals surface area contributed by atoms with Gasteiger partial charge in [0, 0.05) is 23.1 Å². The highest BCUT2D eigenvalue weighted by atomic mass is 16.6. The van der Waals surface area contributed by atoms with E-state index in [2.05, 4.69) is 0 Å². The summed E-state index contributed by atoms with van der Waals surface area (Å²) in [6.07, 6.45) is 1.66. The molecule has 0 atom stereocenters. The largest absolute Gasteiger partial charge is 0.443 e. The van der Waals surface area contributed by atoms with E-state index in [4.69, 9.17) is 4.74 Å². The molecule has 21 heavy (non-hydrogen) atoms. The number of rotatable bonds is 0. The molecule has 0 bridgehead atoms. The molecule has 1 heterocycles. The second-order valence-electron chi connectivity index (χ2n) is 6.43. The minimum absolute atomic E-state index is 0.120. The van der Waals surface area contributed by atoms with Crippen molar-refractivity contribution in [1.82, 2.24) is 4.57 Å². The molecule has 0 unspecified atom stereocenters. The number of para-hydroxylation sites is 1. The number of benzene rings is 1. The van der Waals surface area contributed by atoms with Crippen LogP contribution >= 0.6 is 0 Å². The lowest BCUT2D eigenvalue weighted by Crippen LogP contribution is -2.28. The van der Waals surface area contributed by atoms with Crippen LogP contribution < -0.4 is 0 Å². The van der Waals surface area contributed by atoms with E-state index in [1.54, 1.807) is 4.57 Å². The Balaban J connectivity index is 2.23. The van der Waals surface area contributed by atoms with E-state index >= 15 is 0 Å². The molecule has 4 heteroatoms. The number of ether oxygens (including phenoxy) is 1. The number of carbonyl (C=O) groups excluding carboxylic acids is 2. The fraction of sp³-hybridized carbons (Fsp3) is 0.412. The van der Waals surface area contributed by atoms with Gasteiger partial charge in [-0.05, 0) is 39.7 Å². The van der Waals surface area contributed by atoms with Gasteiger partial charge < -0.3 is 4.74 Å². The molecule has 0 fully saturated rings. The van der Waals surface area contributed by atoms with Crippen LogP contribution in [-0.2, 0) is 11.2 Å². The highest BCUT2D eigenvalue weighted by Gasteiger charge is 2.29. The number of nitrogens with zero attached hydrogens (tertiary/aromatic N) is 1. The summed E-state index contributed by atoms with van der Waals surface area (Å²) in [5.74, 6) is 0.120. The lowest BCUT2D eigenvalue weighted by molar-refractivity contribution is 0.0540. The minimum atomic E-state index is -0.561. The van der Waals surface area contributed by atoms with Crippen LogP contribution in [0.1, 0.15) is 49.7 Å². The van der Waals surface area contributed by atoms with Crippen molar-refractivity contribution in [3.8, 4) is 0 Å². The van der Waals surface area contributed by atoms with Crippen LogP contribution in [-0.4, -0.2) is 22.0 Å². The highest BCUT2D eigenvalue weighted by molar-refractivity contribution is 6.12. The van der Waals surface area contributed by atoms with Crippen molar-refractivity contribution in [2.45, 2.75) is 45.6 Å². The summed E-state index contributed by atoms with van der Waals surface area (Å²) in [5, 5.41) is 0.850. The number of fused-ring (bicyclic) bond motifs is 3. The number of Topliss-reactive ketones (excluding diaryl/α,β-unsaturated/α-hetero) is 1. The standard InChI is InChI=1S/C17H19NO3/c1-17(2,3)21-16(20)18-12-8-5-4-7-11(12)15-13(18)9-6-10-14(15)19/h4-5,7-8H,6,9-10H2,1-3H3. The van der Waals surface area contributed by atoms with Crippen molar-refractivity contribution in [1.29, 1.82) is 0 Å². The first-order chi connectivity index (χ1) is 9.88. The average molecular weight is 285 g/mol. The number of hydrogen-bond donors (Lipinski definition) is 0. The molecule has 0 N–H and O–H groups in total. The normalized spacial score (nSPS) is 15.1. The van der Waals surface area contributed by atoms with Crippen LogP contribution in [0.3, 0.4) is 0 Å². The van der Waals surface area contributed by atoms with Gasteiger partial charge in [0.05, 0.1) is 5.52 Å². The molecule has 0 amide bonds. The topological polar surface area (TPSA) is 48.3 Å². The molecule has 1 aromatic carbocycles. The summed E-state index contributed by atoms with van der Waals surface area (Å²) in [4.78, 5) is 24.8. The monoisotopic (exact) mass is 285 g/mol. The predicted octanol–water partition coefficient (Wildman–Crippen LogP) is 3.94. The van der Waals surface area contributed by atoms with E-state index in [-0.39, 0.29) is 5.78 Å². The maximum Gasteiger partial charge on any atom is 0.419 e. The molecule has 4 nitrogen and oxygen atoms in total. The zero-order valence-corrected chi connectivity index (χ0v) is 12.6. The quantitative estimate of drug-likeness (QED) is 0.736. The van der Waals surface area contributed by atoms with E-state index in [1.165, 1.54) is 0 Å². The van der Waals surface area contributed by atoms with E-state index in [0.717, 1.165) is 29.4 Å². The molecular formula is C17H19NO3. The summed E-state index contributed by atoms with van der Waals surface area (Å²) in [7, 11) is 0. The van der Waals surface area contributed by atoms with Crippen LogP contribution in [0.15, 0.2) is 24.3 Å². The Hall–Kier alpha value is -2.10. The number of hydrogen-bond acceptors (Lipinski definition) is 3. The molecule has 1 aliphatic carbocycles. The van der Waals surface area contributed by atoms with Gasteiger partial charge in [-0.15, -0.1) is 0 Å². The molecule has 0 saturated heterocycles. The van der Waals surface area contributed by atoms with Gasteiger partial charge in [-0.1, -0.05) is 18.2 Å². The second kappa shape index (κ2) is 4.72. The molecular weight excluding hydrogens is 266 g/mol. The molecule has 110 valence electrons. The van der Waals surface area contributed by atoms with Crippen molar-refractivity contribution in [3.05, 3.63) is 35.5 Å². The average Bonchev–Trinajstić information content (AvgIpc) is 2.72. The first-order valence-corrected chi connectivity index (χ1v) is 7.27. The van der Waals surface area contributed by atoms with Crippen molar-refractivity contribution in [3.63, 3.8) is 0 Å². The van der Waals surface area contributed by atoms with Crippen LogP contribution in [0, 0.1) is 0 Å². The molecule has 0 saturated carbocycles. The molecule has 1 aliphatic rings. The maximum absolute atomic E-state index is 12.5. The van der Waals surface area contributed by atoms with Crippen molar-refractivity contribution < 1.29 is 14.3 Å². The summed E-state index contributed by atoms with van der Waals surface area (Å²) in [6.45, 7) is 5.52. The molecule has 0 radical (unpaired) electrons. The van der Waals surface area contributed by atoms with E-state index in [0.29, 0.717) is 12.0 Å². The molecule has 1 aromatic heterocycles. The Morgan fingerprint density at radius 3 is 2.62 bits per heavy atom. The van der Waals surface area contributed by atoms with Gasteiger partial charge in [0.2, 0.25) is 0 Å². The van der Waals surface area contributed by atoms with Gasteiger partial charge in [-0.2, -0.15) is 0 Å². The lowest BCUT2D eigenvalue weighted by Gasteiger charge is -2.21. The number of carbonyl (C=O) groups is 2. The summed E-state index contributed by atoms with van der Waals surface area (Å²) in [5.41, 5.74) is 1.69. The van der Waals surface area contributed by atoms with Gasteiger partial charge in [0.25, 0.3) is 0 Å². The molecule has 3 rings (SSSR count). The Morgan fingerprint density at radius 1 is 1.19 bits per heavy atom. The van der Waals surface area contributed by atoms with E-state index in [1.807, 2.05) is 45.0 Å². The maximum atomic E-state index is 12.5. The highest BCUT2D eigenvalue weighted by Crippen LogP contribution is 2.32. The first kappa shape index (κ1) is 13.9. The van der Waals surface area contributed by atoms with Gasteiger partial charge in [-0.25, -0.2) is 9.36 Å². The SMILES string of the molecule is CC(C)(C)OC(=O)n1c2c(c3ccccc31)C(=O)CCC2. The summed E-state index contributed by atoms with van der Waals surface area (Å²) < 4.78 is 7.08. The second-order valence-corrected chi connectivity index (χ2v) is 6.43. The number of aromatic nitrogens is 1. The zero-order chi connectivity index (χ0) is 15.2. The van der Waals surface area contributed by atoms with Gasteiger partial charge in [0.1, 0.15) is 5.60 Å². The molecule has 0 aliphatic heterocycles.